The maximum absolute atomic E-state index is 11.8. The Hall–Kier alpha value is -2.60. The van der Waals surface area contributed by atoms with E-state index in [2.05, 4.69) is 17.2 Å². The summed E-state index contributed by atoms with van der Waals surface area (Å²) >= 11 is 0. The first-order valence-electron chi connectivity index (χ1n) is 9.35. The Morgan fingerprint density at radius 3 is 2.85 bits per heavy atom. The highest BCUT2D eigenvalue weighted by Crippen LogP contribution is 2.29. The highest BCUT2D eigenvalue weighted by molar-refractivity contribution is 5.78. The van der Waals surface area contributed by atoms with E-state index in [1.54, 1.807) is 19.5 Å². The third-order valence-corrected chi connectivity index (χ3v) is 4.67. The van der Waals surface area contributed by atoms with Gasteiger partial charge in [-0.15, -0.1) is 0 Å². The molecule has 1 aromatic heterocycles. The Kier molecular flexibility index (Phi) is 6.65. The van der Waals surface area contributed by atoms with E-state index in [0.29, 0.717) is 31.1 Å². The third kappa shape index (κ3) is 5.44. The summed E-state index contributed by atoms with van der Waals surface area (Å²) in [6.07, 6.45) is 5.19. The molecule has 1 amide bonds. The second kappa shape index (κ2) is 9.37. The molecular weight excluding hydrogens is 342 g/mol. The number of hydrogen-bond donors (Lipinski definition) is 1. The number of carbonyl (C=O) groups is 1. The van der Waals surface area contributed by atoms with Crippen LogP contribution in [0, 0.1) is 0 Å². The number of likely N-dealkylation sites (tertiary alicyclic amines) is 1. The summed E-state index contributed by atoms with van der Waals surface area (Å²) in [6.45, 7) is 4.87. The fraction of sp³-hybridized carbons (Fsp3) is 0.429. The van der Waals surface area contributed by atoms with Crippen molar-refractivity contribution in [2.45, 2.75) is 39.0 Å². The molecule has 0 unspecified atom stereocenters. The summed E-state index contributed by atoms with van der Waals surface area (Å²) in [5.74, 6) is 1.68. The number of rotatable bonds is 9. The van der Waals surface area contributed by atoms with E-state index < -0.39 is 0 Å². The van der Waals surface area contributed by atoms with Crippen LogP contribution in [-0.4, -0.2) is 42.0 Å². The highest BCUT2D eigenvalue weighted by atomic mass is 16.5. The Balaban J connectivity index is 1.56. The Labute approximate surface area is 160 Å². The van der Waals surface area contributed by atoms with Gasteiger partial charge in [0.15, 0.2) is 11.5 Å². The molecule has 1 aliphatic heterocycles. The SMILES string of the molecule is COc1ccc(CN[C@H](C)CN2CCCC2=O)cc1OCc1cccnc1. The summed E-state index contributed by atoms with van der Waals surface area (Å²) in [6, 6.07) is 10.0. The van der Waals surface area contributed by atoms with Crippen LogP contribution in [0.2, 0.25) is 0 Å². The first-order chi connectivity index (χ1) is 13.2. The van der Waals surface area contributed by atoms with Gasteiger partial charge < -0.3 is 19.7 Å². The van der Waals surface area contributed by atoms with Crippen LogP contribution >= 0.6 is 0 Å². The van der Waals surface area contributed by atoms with E-state index in [0.717, 1.165) is 30.6 Å². The van der Waals surface area contributed by atoms with Gasteiger partial charge in [-0.1, -0.05) is 12.1 Å². The van der Waals surface area contributed by atoms with Crippen molar-refractivity contribution in [1.29, 1.82) is 0 Å². The van der Waals surface area contributed by atoms with Crippen molar-refractivity contribution >= 4 is 5.91 Å². The molecule has 6 nitrogen and oxygen atoms in total. The summed E-state index contributed by atoms with van der Waals surface area (Å²) < 4.78 is 11.3. The van der Waals surface area contributed by atoms with Crippen molar-refractivity contribution in [2.24, 2.45) is 0 Å². The Bertz CT molecular complexity index is 752. The fourth-order valence-electron chi connectivity index (χ4n) is 3.17. The van der Waals surface area contributed by atoms with Gasteiger partial charge >= 0.3 is 0 Å². The van der Waals surface area contributed by atoms with Crippen LogP contribution in [0.25, 0.3) is 0 Å². The number of benzene rings is 1. The largest absolute Gasteiger partial charge is 0.493 e. The molecule has 2 aromatic rings. The number of aromatic nitrogens is 1. The van der Waals surface area contributed by atoms with Gasteiger partial charge in [-0.25, -0.2) is 0 Å². The number of methoxy groups -OCH3 is 1. The summed E-state index contributed by atoms with van der Waals surface area (Å²) in [5, 5.41) is 3.48. The van der Waals surface area contributed by atoms with Crippen LogP contribution in [0.1, 0.15) is 30.9 Å². The van der Waals surface area contributed by atoms with Gasteiger partial charge in [0, 0.05) is 50.1 Å². The molecule has 0 radical (unpaired) electrons. The number of carbonyl (C=O) groups excluding carboxylic acids is 1. The molecule has 0 saturated carbocycles. The van der Waals surface area contributed by atoms with Gasteiger partial charge in [-0.3, -0.25) is 9.78 Å². The first kappa shape index (κ1) is 19.2. The lowest BCUT2D eigenvalue weighted by Gasteiger charge is -2.22. The molecule has 144 valence electrons. The van der Waals surface area contributed by atoms with Gasteiger partial charge in [0.05, 0.1) is 7.11 Å². The third-order valence-electron chi connectivity index (χ3n) is 4.67. The van der Waals surface area contributed by atoms with E-state index in [1.165, 1.54) is 0 Å². The molecule has 0 bridgehead atoms. The minimum atomic E-state index is 0.230. The molecule has 0 aliphatic carbocycles. The standard InChI is InChI=1S/C21H27N3O3/c1-16(14-24-10-4-6-21(24)25)23-13-17-7-8-19(26-2)20(11-17)27-15-18-5-3-9-22-12-18/h3,5,7-9,11-12,16,23H,4,6,10,13-15H2,1-2H3/t16-/m1/s1. The Morgan fingerprint density at radius 2 is 2.15 bits per heavy atom. The minimum Gasteiger partial charge on any atom is -0.493 e. The van der Waals surface area contributed by atoms with Crippen molar-refractivity contribution in [3.63, 3.8) is 0 Å². The van der Waals surface area contributed by atoms with Crippen LogP contribution in [-0.2, 0) is 17.9 Å². The summed E-state index contributed by atoms with van der Waals surface area (Å²) in [4.78, 5) is 17.8. The number of nitrogens with one attached hydrogen (secondary N) is 1. The molecule has 1 atom stereocenters. The molecule has 3 rings (SSSR count). The van der Waals surface area contributed by atoms with Crippen LogP contribution in [0.3, 0.4) is 0 Å². The average molecular weight is 369 g/mol. The predicted octanol–water partition coefficient (Wildman–Crippen LogP) is 2.77. The minimum absolute atomic E-state index is 0.230. The molecule has 1 saturated heterocycles. The van der Waals surface area contributed by atoms with Crippen LogP contribution in [0.4, 0.5) is 0 Å². The van der Waals surface area contributed by atoms with E-state index >= 15 is 0 Å². The molecular formula is C21H27N3O3. The van der Waals surface area contributed by atoms with Gasteiger partial charge in [-0.2, -0.15) is 0 Å². The van der Waals surface area contributed by atoms with Gasteiger partial charge in [0.2, 0.25) is 5.91 Å². The predicted molar refractivity (Wildman–Crippen MR) is 104 cm³/mol. The number of pyridine rings is 1. The zero-order valence-corrected chi connectivity index (χ0v) is 16.0. The lowest BCUT2D eigenvalue weighted by atomic mass is 10.2. The average Bonchev–Trinajstić information content (AvgIpc) is 3.10. The topological polar surface area (TPSA) is 63.7 Å². The molecule has 27 heavy (non-hydrogen) atoms. The fourth-order valence-corrected chi connectivity index (χ4v) is 3.17. The lowest BCUT2D eigenvalue weighted by Crippen LogP contribution is -2.39. The lowest BCUT2D eigenvalue weighted by molar-refractivity contribution is -0.127. The number of amides is 1. The first-order valence-corrected chi connectivity index (χ1v) is 9.35. The molecule has 6 heteroatoms. The molecule has 1 N–H and O–H groups in total. The van der Waals surface area contributed by atoms with E-state index in [9.17, 15) is 4.79 Å². The van der Waals surface area contributed by atoms with Gasteiger partial charge in [-0.05, 0) is 37.1 Å². The van der Waals surface area contributed by atoms with Crippen molar-refractivity contribution in [2.75, 3.05) is 20.2 Å². The van der Waals surface area contributed by atoms with E-state index in [4.69, 9.17) is 9.47 Å². The maximum atomic E-state index is 11.8. The van der Waals surface area contributed by atoms with E-state index in [-0.39, 0.29) is 11.9 Å². The quantitative estimate of drug-likeness (QED) is 0.736. The summed E-state index contributed by atoms with van der Waals surface area (Å²) in [5.41, 5.74) is 2.11. The van der Waals surface area contributed by atoms with Crippen LogP contribution in [0.15, 0.2) is 42.7 Å². The number of ether oxygens (including phenoxy) is 2. The van der Waals surface area contributed by atoms with Crippen molar-refractivity contribution < 1.29 is 14.3 Å². The molecule has 1 aliphatic rings. The van der Waals surface area contributed by atoms with Crippen LogP contribution in [0.5, 0.6) is 11.5 Å². The van der Waals surface area contributed by atoms with Gasteiger partial charge in [0.1, 0.15) is 6.61 Å². The van der Waals surface area contributed by atoms with Crippen LogP contribution < -0.4 is 14.8 Å². The molecule has 2 heterocycles. The zero-order valence-electron chi connectivity index (χ0n) is 16.0. The normalized spacial score (nSPS) is 15.0. The maximum Gasteiger partial charge on any atom is 0.222 e. The Morgan fingerprint density at radius 1 is 1.26 bits per heavy atom. The van der Waals surface area contributed by atoms with Crippen molar-refractivity contribution in [3.8, 4) is 11.5 Å². The molecule has 0 spiro atoms. The summed E-state index contributed by atoms with van der Waals surface area (Å²) in [7, 11) is 1.64. The molecule has 1 fully saturated rings. The monoisotopic (exact) mass is 369 g/mol. The highest BCUT2D eigenvalue weighted by Gasteiger charge is 2.21. The zero-order chi connectivity index (χ0) is 19.1. The molecule has 1 aromatic carbocycles. The smallest absolute Gasteiger partial charge is 0.222 e. The second-order valence-corrected chi connectivity index (χ2v) is 6.86. The van der Waals surface area contributed by atoms with Crippen molar-refractivity contribution in [3.05, 3.63) is 53.9 Å². The second-order valence-electron chi connectivity index (χ2n) is 6.86. The van der Waals surface area contributed by atoms with E-state index in [1.807, 2.05) is 35.2 Å². The number of nitrogens with zero attached hydrogens (tertiary/aromatic N) is 2. The number of hydrogen-bond acceptors (Lipinski definition) is 5. The van der Waals surface area contributed by atoms with Crippen molar-refractivity contribution in [1.82, 2.24) is 15.2 Å². The van der Waals surface area contributed by atoms with Gasteiger partial charge in [0.25, 0.3) is 0 Å².